The second kappa shape index (κ2) is 5.80. The van der Waals surface area contributed by atoms with Gasteiger partial charge in [0.1, 0.15) is 5.75 Å². The SMILES string of the molecule is C#CCC(CC)NC(=O)c1cc(O)ccc1N. The molecule has 1 aromatic rings. The number of hydrogen-bond acceptors (Lipinski definition) is 3. The lowest BCUT2D eigenvalue weighted by Crippen LogP contribution is -2.34. The quantitative estimate of drug-likeness (QED) is 0.418. The minimum Gasteiger partial charge on any atom is -0.508 e. The summed E-state index contributed by atoms with van der Waals surface area (Å²) in [6.45, 7) is 1.94. The van der Waals surface area contributed by atoms with Crippen molar-refractivity contribution in [2.24, 2.45) is 0 Å². The summed E-state index contributed by atoms with van der Waals surface area (Å²) in [4.78, 5) is 11.9. The first-order valence-electron chi connectivity index (χ1n) is 5.41. The predicted octanol–water partition coefficient (Wildman–Crippen LogP) is 1.51. The van der Waals surface area contributed by atoms with Gasteiger partial charge in [-0.05, 0) is 24.6 Å². The maximum atomic E-state index is 11.9. The van der Waals surface area contributed by atoms with Crippen LogP contribution in [-0.2, 0) is 0 Å². The van der Waals surface area contributed by atoms with Gasteiger partial charge < -0.3 is 16.2 Å². The number of anilines is 1. The lowest BCUT2D eigenvalue weighted by Gasteiger charge is -2.15. The van der Waals surface area contributed by atoms with Crippen LogP contribution in [0.2, 0.25) is 0 Å². The molecular formula is C13H16N2O2. The van der Waals surface area contributed by atoms with Crippen LogP contribution in [0.1, 0.15) is 30.1 Å². The van der Waals surface area contributed by atoms with Crippen LogP contribution in [0.4, 0.5) is 5.69 Å². The average Bonchev–Trinajstić information content (AvgIpc) is 2.31. The Labute approximate surface area is 101 Å². The second-order valence-corrected chi connectivity index (χ2v) is 3.76. The summed E-state index contributed by atoms with van der Waals surface area (Å²) in [5, 5.41) is 12.1. The fourth-order valence-electron chi connectivity index (χ4n) is 1.44. The lowest BCUT2D eigenvalue weighted by atomic mass is 10.1. The van der Waals surface area contributed by atoms with Gasteiger partial charge in [-0.1, -0.05) is 6.92 Å². The van der Waals surface area contributed by atoms with Crippen LogP contribution in [0.25, 0.3) is 0 Å². The molecule has 0 aliphatic rings. The van der Waals surface area contributed by atoms with Gasteiger partial charge in [-0.3, -0.25) is 4.79 Å². The molecule has 0 aliphatic heterocycles. The molecule has 4 heteroatoms. The molecule has 1 amide bonds. The Morgan fingerprint density at radius 2 is 2.35 bits per heavy atom. The molecule has 1 unspecified atom stereocenters. The van der Waals surface area contributed by atoms with Gasteiger partial charge in [0.25, 0.3) is 5.91 Å². The van der Waals surface area contributed by atoms with E-state index >= 15 is 0 Å². The summed E-state index contributed by atoms with van der Waals surface area (Å²) in [7, 11) is 0. The van der Waals surface area contributed by atoms with E-state index in [0.29, 0.717) is 12.1 Å². The van der Waals surface area contributed by atoms with E-state index in [1.165, 1.54) is 18.2 Å². The van der Waals surface area contributed by atoms with E-state index in [4.69, 9.17) is 12.2 Å². The number of phenolic OH excluding ortho intramolecular Hbond substituents is 1. The van der Waals surface area contributed by atoms with Crippen LogP contribution >= 0.6 is 0 Å². The smallest absolute Gasteiger partial charge is 0.253 e. The zero-order chi connectivity index (χ0) is 12.8. The molecule has 0 heterocycles. The maximum absolute atomic E-state index is 11.9. The van der Waals surface area contributed by atoms with E-state index in [9.17, 15) is 9.90 Å². The third kappa shape index (κ3) is 3.42. The maximum Gasteiger partial charge on any atom is 0.253 e. The number of aromatic hydroxyl groups is 1. The predicted molar refractivity (Wildman–Crippen MR) is 67.5 cm³/mol. The third-order valence-corrected chi connectivity index (χ3v) is 2.47. The number of hydrogen-bond donors (Lipinski definition) is 3. The highest BCUT2D eigenvalue weighted by Crippen LogP contribution is 2.18. The molecule has 4 nitrogen and oxygen atoms in total. The van der Waals surface area contributed by atoms with Crippen LogP contribution in [0, 0.1) is 12.3 Å². The van der Waals surface area contributed by atoms with Crippen LogP contribution in [0.15, 0.2) is 18.2 Å². The molecule has 1 atom stereocenters. The topological polar surface area (TPSA) is 75.3 Å². The summed E-state index contributed by atoms with van der Waals surface area (Å²) >= 11 is 0. The van der Waals surface area contributed by atoms with Gasteiger partial charge in [-0.15, -0.1) is 12.3 Å². The fourth-order valence-corrected chi connectivity index (χ4v) is 1.44. The van der Waals surface area contributed by atoms with Crippen LogP contribution < -0.4 is 11.1 Å². The van der Waals surface area contributed by atoms with E-state index in [2.05, 4.69) is 11.2 Å². The van der Waals surface area contributed by atoms with Gasteiger partial charge in [-0.25, -0.2) is 0 Å². The number of phenols is 1. The van der Waals surface area contributed by atoms with Crippen molar-refractivity contribution >= 4 is 11.6 Å². The van der Waals surface area contributed by atoms with Gasteiger partial charge in [0.15, 0.2) is 0 Å². The zero-order valence-corrected chi connectivity index (χ0v) is 9.73. The van der Waals surface area contributed by atoms with Crippen molar-refractivity contribution in [1.82, 2.24) is 5.32 Å². The molecule has 17 heavy (non-hydrogen) atoms. The summed E-state index contributed by atoms with van der Waals surface area (Å²) < 4.78 is 0. The van der Waals surface area contributed by atoms with Gasteiger partial charge in [0, 0.05) is 18.2 Å². The molecule has 1 aromatic carbocycles. The van der Waals surface area contributed by atoms with Gasteiger partial charge in [0.2, 0.25) is 0 Å². The molecule has 0 saturated carbocycles. The zero-order valence-electron chi connectivity index (χ0n) is 9.73. The van der Waals surface area contributed by atoms with Crippen molar-refractivity contribution in [1.29, 1.82) is 0 Å². The number of amides is 1. The van der Waals surface area contributed by atoms with Crippen LogP contribution in [-0.4, -0.2) is 17.1 Å². The number of nitrogen functional groups attached to an aromatic ring is 1. The van der Waals surface area contributed by atoms with E-state index < -0.39 is 0 Å². The summed E-state index contributed by atoms with van der Waals surface area (Å²) in [5.41, 5.74) is 6.26. The average molecular weight is 232 g/mol. The number of carbonyl (C=O) groups is 1. The Hall–Kier alpha value is -2.15. The first-order chi connectivity index (χ1) is 8.08. The molecule has 0 spiro atoms. The Bertz CT molecular complexity index is 449. The Balaban J connectivity index is 2.82. The van der Waals surface area contributed by atoms with Gasteiger partial charge in [-0.2, -0.15) is 0 Å². The summed E-state index contributed by atoms with van der Waals surface area (Å²) in [6, 6.07) is 4.19. The van der Waals surface area contributed by atoms with Crippen LogP contribution in [0.3, 0.4) is 0 Å². The van der Waals surface area contributed by atoms with E-state index in [1.54, 1.807) is 0 Å². The minimum atomic E-state index is -0.319. The highest BCUT2D eigenvalue weighted by molar-refractivity contribution is 5.99. The third-order valence-electron chi connectivity index (χ3n) is 2.47. The van der Waals surface area contributed by atoms with Gasteiger partial charge in [0.05, 0.1) is 5.56 Å². The normalized spacial score (nSPS) is 11.5. The van der Waals surface area contributed by atoms with E-state index in [0.717, 1.165) is 6.42 Å². The van der Waals surface area contributed by atoms with E-state index in [1.807, 2.05) is 6.92 Å². The van der Waals surface area contributed by atoms with E-state index in [-0.39, 0.29) is 23.3 Å². The fraction of sp³-hybridized carbons (Fsp3) is 0.308. The van der Waals surface area contributed by atoms with Crippen molar-refractivity contribution in [3.63, 3.8) is 0 Å². The monoisotopic (exact) mass is 232 g/mol. The number of nitrogens with one attached hydrogen (secondary N) is 1. The number of carbonyl (C=O) groups excluding carboxylic acids is 1. The van der Waals surface area contributed by atoms with Crippen molar-refractivity contribution in [2.45, 2.75) is 25.8 Å². The minimum absolute atomic E-state index is 0.00866. The summed E-state index contributed by atoms with van der Waals surface area (Å²) in [5.74, 6) is 2.20. The van der Waals surface area contributed by atoms with Crippen molar-refractivity contribution in [3.05, 3.63) is 23.8 Å². The molecule has 1 rings (SSSR count). The molecule has 0 radical (unpaired) electrons. The number of nitrogens with two attached hydrogens (primary N) is 1. The molecule has 0 fully saturated rings. The second-order valence-electron chi connectivity index (χ2n) is 3.76. The largest absolute Gasteiger partial charge is 0.508 e. The first-order valence-corrected chi connectivity index (χ1v) is 5.41. The molecule has 0 bridgehead atoms. The molecular weight excluding hydrogens is 216 g/mol. The van der Waals surface area contributed by atoms with Crippen molar-refractivity contribution in [3.8, 4) is 18.1 Å². The number of benzene rings is 1. The van der Waals surface area contributed by atoms with Gasteiger partial charge >= 0.3 is 0 Å². The molecule has 0 aliphatic carbocycles. The summed E-state index contributed by atoms with van der Waals surface area (Å²) in [6.07, 6.45) is 6.43. The molecule has 4 N–H and O–H groups in total. The molecule has 0 aromatic heterocycles. The highest BCUT2D eigenvalue weighted by Gasteiger charge is 2.14. The number of rotatable bonds is 4. The van der Waals surface area contributed by atoms with Crippen LogP contribution in [0.5, 0.6) is 5.75 Å². The van der Waals surface area contributed by atoms with Crippen molar-refractivity contribution < 1.29 is 9.90 Å². The number of terminal acetylenes is 1. The molecule has 90 valence electrons. The standard InChI is InChI=1S/C13H16N2O2/c1-3-5-9(4-2)15-13(17)11-8-10(16)6-7-12(11)14/h1,6-9,16H,4-5,14H2,2H3,(H,15,17). The Morgan fingerprint density at radius 1 is 1.65 bits per heavy atom. The Kier molecular flexibility index (Phi) is 4.41. The first kappa shape index (κ1) is 12.9. The highest BCUT2D eigenvalue weighted by atomic mass is 16.3. The lowest BCUT2D eigenvalue weighted by molar-refractivity contribution is 0.0937. The molecule has 0 saturated heterocycles. The van der Waals surface area contributed by atoms with Crippen molar-refractivity contribution in [2.75, 3.05) is 5.73 Å². The Morgan fingerprint density at radius 3 is 2.94 bits per heavy atom.